The number of nitrogens with zero attached hydrogens (tertiary/aromatic N) is 5. The zero-order chi connectivity index (χ0) is 87.4. The minimum absolute atomic E-state index is 0.00180. The molecular formula is C94H121N13O18. The Hall–Kier alpha value is -10.6. The van der Waals surface area contributed by atoms with Gasteiger partial charge in [0.2, 0.25) is 35.5 Å². The summed E-state index contributed by atoms with van der Waals surface area (Å²) in [5.41, 5.74) is 7.43. The molecule has 31 heteroatoms. The van der Waals surface area contributed by atoms with E-state index in [-0.39, 0.29) is 88.0 Å². The second kappa shape index (κ2) is 48.8. The van der Waals surface area contributed by atoms with Crippen LogP contribution in [0.3, 0.4) is 0 Å². The highest BCUT2D eigenvalue weighted by Gasteiger charge is 2.45. The number of likely N-dealkylation sites (tertiary alicyclic amines) is 1. The van der Waals surface area contributed by atoms with E-state index in [1.165, 1.54) is 0 Å². The maximum Gasteiger partial charge on any atom is 0.407 e. The van der Waals surface area contributed by atoms with Gasteiger partial charge < -0.3 is 109 Å². The number of aromatic nitrogens is 4. The van der Waals surface area contributed by atoms with E-state index < -0.39 is 60.5 Å². The molecule has 8 N–H and O–H groups in total. The maximum atomic E-state index is 14.3. The van der Waals surface area contributed by atoms with Gasteiger partial charge in [0.15, 0.2) is 5.60 Å². The molecule has 2 aliphatic carbocycles. The highest BCUT2D eigenvalue weighted by Crippen LogP contribution is 2.46. The van der Waals surface area contributed by atoms with Gasteiger partial charge in [-0.05, 0) is 122 Å². The van der Waals surface area contributed by atoms with E-state index in [0.29, 0.717) is 145 Å². The molecule has 1 unspecified atom stereocenters. The Morgan fingerprint density at radius 2 is 1.20 bits per heavy atom. The quantitative estimate of drug-likeness (QED) is 0.0105. The number of H-pyrrole nitrogens is 1. The molecule has 0 spiro atoms. The Morgan fingerprint density at radius 1 is 0.608 bits per heavy atom. The number of pyridine rings is 1. The van der Waals surface area contributed by atoms with Crippen molar-refractivity contribution in [1.82, 2.24) is 61.6 Å². The molecule has 31 nitrogen and oxygen atoms in total. The Bertz CT molecular complexity index is 4830. The molecular weight excluding hydrogens is 1600 g/mol. The van der Waals surface area contributed by atoms with Crippen molar-refractivity contribution in [2.45, 2.75) is 119 Å². The number of carbonyl (C=O) groups is 6. The van der Waals surface area contributed by atoms with Crippen molar-refractivity contribution in [1.29, 1.82) is 0 Å². The third-order valence-corrected chi connectivity index (χ3v) is 23.0. The minimum Gasteiger partial charge on any atom is -0.449 e. The average molecular weight is 1720 g/mol. The summed E-state index contributed by atoms with van der Waals surface area (Å²) in [6.07, 6.45) is 14.7. The van der Waals surface area contributed by atoms with Crippen molar-refractivity contribution in [3.05, 3.63) is 184 Å². The van der Waals surface area contributed by atoms with E-state index in [9.17, 15) is 33.6 Å². The van der Waals surface area contributed by atoms with Gasteiger partial charge in [-0.1, -0.05) is 121 Å². The maximum absolute atomic E-state index is 14.3. The molecule has 125 heavy (non-hydrogen) atoms. The third-order valence-electron chi connectivity index (χ3n) is 23.0. The number of ether oxygens (including phenoxy) is 11. The number of benzene rings is 5. The summed E-state index contributed by atoms with van der Waals surface area (Å²) in [4.78, 5) is 116. The lowest BCUT2D eigenvalue weighted by Crippen LogP contribution is -2.55. The van der Waals surface area contributed by atoms with E-state index in [0.717, 1.165) is 109 Å². The van der Waals surface area contributed by atoms with E-state index in [4.69, 9.17) is 68.5 Å². The number of alkyl carbamates (subject to hydrolysis) is 1. The minimum atomic E-state index is -1.37. The highest BCUT2D eigenvalue weighted by molar-refractivity contribution is 5.98. The number of amides is 6. The van der Waals surface area contributed by atoms with Crippen molar-refractivity contribution >= 4 is 63.4 Å². The molecule has 8 aromatic rings. The molecule has 2 saturated heterocycles. The van der Waals surface area contributed by atoms with Crippen LogP contribution in [0.4, 0.5) is 10.7 Å². The summed E-state index contributed by atoms with van der Waals surface area (Å²) < 4.78 is 64.9. The van der Waals surface area contributed by atoms with Crippen molar-refractivity contribution in [3.63, 3.8) is 0 Å². The topological polar surface area (TPSA) is 358 Å². The lowest BCUT2D eigenvalue weighted by molar-refractivity contribution is -0.131. The van der Waals surface area contributed by atoms with E-state index in [1.54, 1.807) is 49.2 Å². The predicted octanol–water partition coefficient (Wildman–Crippen LogP) is 7.34. The lowest BCUT2D eigenvalue weighted by atomic mass is 9.87. The molecule has 2 aliphatic heterocycles. The number of anilines is 1. The fraction of sp³-hybridized carbons (Fsp3) is 0.500. The number of aryl methyl sites for hydroxylation is 1. The van der Waals surface area contributed by atoms with Crippen LogP contribution in [0, 0.1) is 12.3 Å². The van der Waals surface area contributed by atoms with Gasteiger partial charge >= 0.3 is 6.09 Å². The number of hydrogen-bond acceptors (Lipinski definition) is 23. The van der Waals surface area contributed by atoms with E-state index in [2.05, 4.69) is 70.9 Å². The summed E-state index contributed by atoms with van der Waals surface area (Å²) in [6, 6.07) is 40.7. The SMILES string of the molecule is C#CCNC1(C)CCN(C2CCN(c3nc(C(COCNC(=O)CNC(=O)[C@H](Cc4ccccc4)NC(=O)CNC(=O)[C@H](CCCCNC(=O)CCOCCOCCOCCOCCOCCOCCOCCOC)NC(=O)OCC4c5ccccc5-c5ccccc54)(OC4CC4)c4ccccc4)c4cc(-c5cn(C)c(=O)c6[nH]ccc56)ccc4n3)CC2)CC1. The number of rotatable bonds is 54. The average Bonchev–Trinajstić information content (AvgIpc) is 1.55. The zero-order valence-corrected chi connectivity index (χ0v) is 72.1. The number of unbranched alkanes of at least 4 members (excludes halogenated alkanes) is 1. The number of terminal acetylenes is 1. The van der Waals surface area contributed by atoms with Gasteiger partial charge in [0.25, 0.3) is 5.56 Å². The number of piperidine rings is 2. The van der Waals surface area contributed by atoms with E-state index >= 15 is 0 Å². The van der Waals surface area contributed by atoms with Crippen LogP contribution in [0.1, 0.15) is 105 Å². The van der Waals surface area contributed by atoms with Gasteiger partial charge in [-0.25, -0.2) is 14.8 Å². The summed E-state index contributed by atoms with van der Waals surface area (Å²) in [6.45, 7) is 11.3. The van der Waals surface area contributed by atoms with Crippen LogP contribution in [0.25, 0.3) is 44.1 Å². The fourth-order valence-corrected chi connectivity index (χ4v) is 16.0. The summed E-state index contributed by atoms with van der Waals surface area (Å²) >= 11 is 0. The van der Waals surface area contributed by atoms with Crippen LogP contribution in [0.2, 0.25) is 0 Å². The molecule has 670 valence electrons. The smallest absolute Gasteiger partial charge is 0.407 e. The standard InChI is InChI=1S/C94H121N13O18/c1-5-37-100-93(2)35-42-106(43-36-93)70-32-40-107(41-33-70)91-102-80-30-27-68(78-63-105(3)90(113)86-76(78)31-39-96-86)60-77(80)87(104-91)94(125-71-28-29-71,69-20-10-7-11-21-69)65-123-66-99-84(109)61-97-89(112)82(59-67-18-8-6-9-19-67)101-85(110)62-98-88(111)81(103-92(114)124-64-79-74-24-14-12-22-72(74)73-23-13-15-25-75(73)79)26-16-17-38-95-83(108)34-44-116-47-48-118-51-52-120-55-56-122-58-57-121-54-53-119-50-49-117-46-45-115-4/h1,6-15,18-25,27,30-31,39,60,63,70-71,79,81-82,96,100H,16-17,26,28-29,32-38,40-59,61-62,64-66H2,2-4H3,(H,95,108)(H,97,112)(H,98,111)(H,99,109)(H,101,110)(H,103,114)/t81-,82-,94?/m0/s1. The number of fused-ring (bicyclic) bond motifs is 5. The fourth-order valence-electron chi connectivity index (χ4n) is 16.0. The second-order valence-electron chi connectivity index (χ2n) is 31.9. The normalized spacial score (nSPS) is 15.6. The first-order chi connectivity index (χ1) is 61.1. The number of aromatic amines is 1. The summed E-state index contributed by atoms with van der Waals surface area (Å²) in [5.74, 6) is 0.127. The van der Waals surface area contributed by atoms with Crippen LogP contribution in [0.15, 0.2) is 151 Å². The first kappa shape index (κ1) is 93.6. The second-order valence-corrected chi connectivity index (χ2v) is 31.9. The first-order valence-corrected chi connectivity index (χ1v) is 43.6. The van der Waals surface area contributed by atoms with Gasteiger partial charge in [0, 0.05) is 106 Å². The molecule has 3 aromatic heterocycles. The van der Waals surface area contributed by atoms with Gasteiger partial charge in [-0.2, -0.15) is 0 Å². The molecule has 3 atom stereocenters. The predicted molar refractivity (Wildman–Crippen MR) is 473 cm³/mol. The summed E-state index contributed by atoms with van der Waals surface area (Å²) in [7, 11) is 3.36. The molecule has 0 radical (unpaired) electrons. The molecule has 12 rings (SSSR count). The largest absolute Gasteiger partial charge is 0.449 e. The molecule has 0 bridgehead atoms. The van der Waals surface area contributed by atoms with Gasteiger partial charge in [-0.3, -0.25) is 28.8 Å². The first-order valence-electron chi connectivity index (χ1n) is 43.6. The number of nitrogens with one attached hydrogen (secondary N) is 8. The van der Waals surface area contributed by atoms with Crippen molar-refractivity contribution in [2.75, 3.05) is 183 Å². The number of hydrogen-bond donors (Lipinski definition) is 8. The Balaban J connectivity index is 0.633. The van der Waals surface area contributed by atoms with Crippen LogP contribution in [-0.4, -0.2) is 268 Å². The van der Waals surface area contributed by atoms with Crippen molar-refractivity contribution in [3.8, 4) is 34.6 Å². The number of carbonyl (C=O) groups excluding carboxylic acids is 6. The zero-order valence-electron chi connectivity index (χ0n) is 72.1. The number of methoxy groups -OCH3 is 1. The van der Waals surface area contributed by atoms with Gasteiger partial charge in [0.1, 0.15) is 30.9 Å². The highest BCUT2D eigenvalue weighted by atomic mass is 16.6. The summed E-state index contributed by atoms with van der Waals surface area (Å²) in [5, 5.41) is 21.6. The molecule has 5 heterocycles. The van der Waals surface area contributed by atoms with Crippen LogP contribution < -0.4 is 47.7 Å². The van der Waals surface area contributed by atoms with Gasteiger partial charge in [0.05, 0.1) is 143 Å². The Labute approximate surface area is 730 Å². The van der Waals surface area contributed by atoms with Gasteiger partial charge in [-0.15, -0.1) is 6.42 Å². The monoisotopic (exact) mass is 1720 g/mol. The van der Waals surface area contributed by atoms with Crippen molar-refractivity contribution in [2.24, 2.45) is 7.05 Å². The molecule has 4 aliphatic rings. The lowest BCUT2D eigenvalue weighted by Gasteiger charge is -2.45. The Kier molecular flexibility index (Phi) is 36.5. The molecule has 3 fully saturated rings. The molecule has 1 saturated carbocycles. The van der Waals surface area contributed by atoms with Crippen molar-refractivity contribution < 1.29 is 80.9 Å². The van der Waals surface area contributed by atoms with E-state index in [1.807, 2.05) is 109 Å². The van der Waals surface area contributed by atoms with Crippen LogP contribution in [0.5, 0.6) is 0 Å². The van der Waals surface area contributed by atoms with Crippen LogP contribution in [-0.2, 0) is 95.1 Å². The van der Waals surface area contributed by atoms with Crippen LogP contribution >= 0.6 is 0 Å². The molecule has 6 amide bonds. The molecule has 5 aromatic carbocycles. The third kappa shape index (κ3) is 27.7. The Morgan fingerprint density at radius 3 is 1.82 bits per heavy atom.